The zero-order valence-electron chi connectivity index (χ0n) is 11.4. The van der Waals surface area contributed by atoms with Gasteiger partial charge in [0.25, 0.3) is 0 Å². The van der Waals surface area contributed by atoms with E-state index in [-0.39, 0.29) is 17.7 Å². The molecule has 1 aromatic rings. The molecule has 1 rings (SSSR count). The topological polar surface area (TPSA) is 66.4 Å². The fourth-order valence-electron chi connectivity index (χ4n) is 1.74. The summed E-state index contributed by atoms with van der Waals surface area (Å²) in [4.78, 5) is 23.3. The second-order valence-electron chi connectivity index (χ2n) is 5.41. The van der Waals surface area contributed by atoms with Gasteiger partial charge < -0.3 is 10.4 Å². The normalized spacial score (nSPS) is 11.3. The highest BCUT2D eigenvalue weighted by Crippen LogP contribution is 2.25. The maximum absolute atomic E-state index is 11.7. The van der Waals surface area contributed by atoms with Crippen LogP contribution in [0.3, 0.4) is 0 Å². The third-order valence-electron chi connectivity index (χ3n) is 3.05. The van der Waals surface area contributed by atoms with Crippen molar-refractivity contribution in [3.05, 3.63) is 22.4 Å². The van der Waals surface area contributed by atoms with Crippen LogP contribution in [0.5, 0.6) is 0 Å². The molecule has 0 aliphatic heterocycles. The summed E-state index contributed by atoms with van der Waals surface area (Å²) in [7, 11) is 0. The molecule has 106 valence electrons. The molecule has 1 heterocycles. The van der Waals surface area contributed by atoms with Crippen LogP contribution in [0.1, 0.15) is 38.0 Å². The second kappa shape index (κ2) is 7.28. The summed E-state index contributed by atoms with van der Waals surface area (Å²) in [6, 6.07) is 3.88. The average Bonchev–Trinajstić information content (AvgIpc) is 2.79. The van der Waals surface area contributed by atoms with Crippen LogP contribution in [0, 0.1) is 5.41 Å². The molecule has 0 aromatic carbocycles. The number of carbonyl (C=O) groups excluding carboxylic acids is 1. The third kappa shape index (κ3) is 6.96. The van der Waals surface area contributed by atoms with Crippen LogP contribution in [0.15, 0.2) is 17.5 Å². The standard InChI is InChI=1S/C14H21NO3S/c1-14(2,6-5-13(17)18)7-8-15-12(16)10-11-4-3-9-19-11/h3-4,9H,5-8,10H2,1-2H3,(H,15,16)(H,17,18). The number of rotatable bonds is 8. The number of hydrogen-bond acceptors (Lipinski definition) is 3. The Morgan fingerprint density at radius 2 is 2.11 bits per heavy atom. The summed E-state index contributed by atoms with van der Waals surface area (Å²) in [5, 5.41) is 13.5. The minimum atomic E-state index is -0.769. The van der Waals surface area contributed by atoms with E-state index in [1.165, 1.54) is 0 Å². The SMILES string of the molecule is CC(C)(CCNC(=O)Cc1cccs1)CCC(=O)O. The lowest BCUT2D eigenvalue weighted by Crippen LogP contribution is -2.29. The summed E-state index contributed by atoms with van der Waals surface area (Å²) < 4.78 is 0. The van der Waals surface area contributed by atoms with Gasteiger partial charge in [-0.2, -0.15) is 0 Å². The molecule has 0 aliphatic carbocycles. The first kappa shape index (κ1) is 15.7. The molecule has 0 atom stereocenters. The summed E-state index contributed by atoms with van der Waals surface area (Å²) in [5.74, 6) is -0.744. The molecule has 0 fully saturated rings. The van der Waals surface area contributed by atoms with E-state index in [0.29, 0.717) is 19.4 Å². The molecule has 0 saturated heterocycles. The zero-order valence-corrected chi connectivity index (χ0v) is 12.3. The number of carboxylic acid groups (broad SMARTS) is 1. The Hall–Kier alpha value is -1.36. The second-order valence-corrected chi connectivity index (χ2v) is 6.45. The van der Waals surface area contributed by atoms with Crippen molar-refractivity contribution >= 4 is 23.2 Å². The molecule has 0 spiro atoms. The fraction of sp³-hybridized carbons (Fsp3) is 0.571. The van der Waals surface area contributed by atoms with E-state index in [1.54, 1.807) is 11.3 Å². The van der Waals surface area contributed by atoms with Crippen molar-refractivity contribution in [3.8, 4) is 0 Å². The fourth-order valence-corrected chi connectivity index (χ4v) is 2.45. The Balaban J connectivity index is 2.21. The molecule has 19 heavy (non-hydrogen) atoms. The van der Waals surface area contributed by atoms with Crippen molar-refractivity contribution in [2.24, 2.45) is 5.41 Å². The van der Waals surface area contributed by atoms with Crippen molar-refractivity contribution in [1.29, 1.82) is 0 Å². The van der Waals surface area contributed by atoms with Gasteiger partial charge in [0.15, 0.2) is 0 Å². The Kier molecular flexibility index (Phi) is 6.02. The van der Waals surface area contributed by atoms with Crippen LogP contribution in [-0.4, -0.2) is 23.5 Å². The molecule has 1 amide bonds. The van der Waals surface area contributed by atoms with Gasteiger partial charge in [-0.1, -0.05) is 19.9 Å². The van der Waals surface area contributed by atoms with Gasteiger partial charge in [-0.15, -0.1) is 11.3 Å². The first-order valence-electron chi connectivity index (χ1n) is 6.40. The number of carboxylic acids is 1. The van der Waals surface area contributed by atoms with Crippen molar-refractivity contribution in [1.82, 2.24) is 5.32 Å². The lowest BCUT2D eigenvalue weighted by molar-refractivity contribution is -0.137. The Morgan fingerprint density at radius 3 is 2.68 bits per heavy atom. The largest absolute Gasteiger partial charge is 0.481 e. The maximum Gasteiger partial charge on any atom is 0.303 e. The lowest BCUT2D eigenvalue weighted by atomic mass is 9.84. The highest BCUT2D eigenvalue weighted by Gasteiger charge is 2.19. The Bertz CT molecular complexity index is 412. The highest BCUT2D eigenvalue weighted by atomic mass is 32.1. The summed E-state index contributed by atoms with van der Waals surface area (Å²) >= 11 is 1.58. The molecular weight excluding hydrogens is 262 g/mol. The highest BCUT2D eigenvalue weighted by molar-refractivity contribution is 7.10. The van der Waals surface area contributed by atoms with Gasteiger partial charge in [-0.25, -0.2) is 0 Å². The smallest absolute Gasteiger partial charge is 0.303 e. The summed E-state index contributed by atoms with van der Waals surface area (Å²) in [5.41, 5.74) is -0.0609. The summed E-state index contributed by atoms with van der Waals surface area (Å²) in [6.45, 7) is 4.65. The van der Waals surface area contributed by atoms with Gasteiger partial charge >= 0.3 is 5.97 Å². The van der Waals surface area contributed by atoms with E-state index < -0.39 is 5.97 Å². The van der Waals surface area contributed by atoms with Crippen molar-refractivity contribution in [2.45, 2.75) is 39.5 Å². The number of aliphatic carboxylic acids is 1. The van der Waals surface area contributed by atoms with Gasteiger partial charge in [0.1, 0.15) is 0 Å². The monoisotopic (exact) mass is 283 g/mol. The van der Waals surface area contributed by atoms with Gasteiger partial charge in [0.05, 0.1) is 6.42 Å². The molecule has 1 aromatic heterocycles. The first-order chi connectivity index (χ1) is 8.89. The zero-order chi connectivity index (χ0) is 14.3. The van der Waals surface area contributed by atoms with Crippen LogP contribution in [0.4, 0.5) is 0 Å². The predicted molar refractivity (Wildman–Crippen MR) is 76.3 cm³/mol. The van der Waals surface area contributed by atoms with Gasteiger partial charge in [0, 0.05) is 17.8 Å². The quantitative estimate of drug-likeness (QED) is 0.771. The molecule has 0 unspecified atom stereocenters. The van der Waals surface area contributed by atoms with Gasteiger partial charge in [0.2, 0.25) is 5.91 Å². The molecule has 0 bridgehead atoms. The Labute approximate surface area is 117 Å². The van der Waals surface area contributed by atoms with Crippen molar-refractivity contribution < 1.29 is 14.7 Å². The number of amides is 1. The van der Waals surface area contributed by atoms with E-state index in [0.717, 1.165) is 11.3 Å². The number of carbonyl (C=O) groups is 2. The third-order valence-corrected chi connectivity index (χ3v) is 3.93. The van der Waals surface area contributed by atoms with Crippen LogP contribution in [-0.2, 0) is 16.0 Å². The number of hydrogen-bond donors (Lipinski definition) is 2. The predicted octanol–water partition coefficient (Wildman–Crippen LogP) is 2.69. The molecular formula is C14H21NO3S. The van der Waals surface area contributed by atoms with E-state index in [1.807, 2.05) is 31.4 Å². The van der Waals surface area contributed by atoms with E-state index in [9.17, 15) is 9.59 Å². The molecule has 0 radical (unpaired) electrons. The van der Waals surface area contributed by atoms with Crippen LogP contribution >= 0.6 is 11.3 Å². The Morgan fingerprint density at radius 1 is 1.37 bits per heavy atom. The minimum Gasteiger partial charge on any atom is -0.481 e. The molecule has 2 N–H and O–H groups in total. The maximum atomic E-state index is 11.7. The van der Waals surface area contributed by atoms with E-state index in [4.69, 9.17) is 5.11 Å². The summed E-state index contributed by atoms with van der Waals surface area (Å²) in [6.07, 6.45) is 2.02. The minimum absolute atomic E-state index is 0.0245. The molecule has 0 saturated carbocycles. The van der Waals surface area contributed by atoms with E-state index in [2.05, 4.69) is 5.32 Å². The number of nitrogens with one attached hydrogen (secondary N) is 1. The van der Waals surface area contributed by atoms with Gasteiger partial charge in [-0.05, 0) is 29.7 Å². The molecule has 4 nitrogen and oxygen atoms in total. The number of thiophene rings is 1. The average molecular weight is 283 g/mol. The first-order valence-corrected chi connectivity index (χ1v) is 7.28. The van der Waals surface area contributed by atoms with Gasteiger partial charge in [-0.3, -0.25) is 9.59 Å². The van der Waals surface area contributed by atoms with Crippen molar-refractivity contribution in [3.63, 3.8) is 0 Å². The van der Waals surface area contributed by atoms with Crippen molar-refractivity contribution in [2.75, 3.05) is 6.54 Å². The van der Waals surface area contributed by atoms with Crippen LogP contribution in [0.25, 0.3) is 0 Å². The lowest BCUT2D eigenvalue weighted by Gasteiger charge is -2.23. The van der Waals surface area contributed by atoms with Crippen LogP contribution in [0.2, 0.25) is 0 Å². The van der Waals surface area contributed by atoms with Crippen LogP contribution < -0.4 is 5.32 Å². The van der Waals surface area contributed by atoms with E-state index >= 15 is 0 Å². The molecule has 5 heteroatoms. The molecule has 0 aliphatic rings.